The van der Waals surface area contributed by atoms with Crippen molar-refractivity contribution in [3.05, 3.63) is 65.7 Å². The molecule has 0 spiro atoms. The Morgan fingerprint density at radius 1 is 1.04 bits per heavy atom. The van der Waals surface area contributed by atoms with Crippen LogP contribution >= 0.6 is 11.8 Å². The first-order valence-corrected chi connectivity index (χ1v) is 9.69. The molecule has 140 valence electrons. The molecule has 6 nitrogen and oxygen atoms in total. The van der Waals surface area contributed by atoms with Crippen LogP contribution in [0.5, 0.6) is 0 Å². The number of hydrogen-bond acceptors (Lipinski definition) is 4. The predicted octanol–water partition coefficient (Wildman–Crippen LogP) is 2.01. The van der Waals surface area contributed by atoms with Crippen LogP contribution in [0.15, 0.2) is 59.5 Å². The highest BCUT2D eigenvalue weighted by Gasteiger charge is 2.29. The predicted molar refractivity (Wildman–Crippen MR) is 104 cm³/mol. The van der Waals surface area contributed by atoms with Crippen molar-refractivity contribution in [1.82, 2.24) is 10.6 Å². The van der Waals surface area contributed by atoms with Crippen LogP contribution in [0.2, 0.25) is 0 Å². The zero-order chi connectivity index (χ0) is 19.2. The minimum atomic E-state index is -0.711. The van der Waals surface area contributed by atoms with Crippen LogP contribution in [0.3, 0.4) is 0 Å². The quantitative estimate of drug-likeness (QED) is 0.607. The van der Waals surface area contributed by atoms with Crippen molar-refractivity contribution < 1.29 is 14.4 Å². The van der Waals surface area contributed by atoms with E-state index in [1.807, 2.05) is 30.3 Å². The molecule has 4 N–H and O–H groups in total. The normalized spacial score (nSPS) is 14.2. The zero-order valence-electron chi connectivity index (χ0n) is 14.7. The third kappa shape index (κ3) is 5.59. The molecule has 0 bridgehead atoms. The maximum atomic E-state index is 12.5. The summed E-state index contributed by atoms with van der Waals surface area (Å²) in [7, 11) is 0. The number of benzene rings is 2. The lowest BCUT2D eigenvalue weighted by Gasteiger charge is -2.19. The fourth-order valence-corrected chi connectivity index (χ4v) is 3.23. The Morgan fingerprint density at radius 3 is 2.30 bits per heavy atom. The molecule has 1 fully saturated rings. The van der Waals surface area contributed by atoms with Crippen LogP contribution in [0.25, 0.3) is 0 Å². The van der Waals surface area contributed by atoms with E-state index >= 15 is 0 Å². The maximum absolute atomic E-state index is 12.5. The molecule has 0 aliphatic heterocycles. The van der Waals surface area contributed by atoms with Gasteiger partial charge in [-0.2, -0.15) is 0 Å². The van der Waals surface area contributed by atoms with Gasteiger partial charge in [0.05, 0.1) is 5.75 Å². The van der Waals surface area contributed by atoms with Crippen molar-refractivity contribution >= 4 is 29.5 Å². The van der Waals surface area contributed by atoms with Gasteiger partial charge in [0, 0.05) is 16.5 Å². The van der Waals surface area contributed by atoms with E-state index in [1.165, 1.54) is 11.8 Å². The Hall–Kier alpha value is -2.80. The SMILES string of the molecule is NC(=O)c1ccc(SCC(=O)NC(C(=O)NC2CC2)c2ccccc2)cc1. The second-order valence-corrected chi connectivity index (χ2v) is 7.42. The summed E-state index contributed by atoms with van der Waals surface area (Å²) < 4.78 is 0. The van der Waals surface area contributed by atoms with Crippen LogP contribution in [0.4, 0.5) is 0 Å². The van der Waals surface area contributed by atoms with Gasteiger partial charge in [0.2, 0.25) is 17.7 Å². The average Bonchev–Trinajstić information content (AvgIpc) is 3.49. The molecule has 7 heteroatoms. The standard InChI is InChI=1S/C20H21N3O3S/c21-19(25)14-6-10-16(11-7-14)27-12-17(24)23-18(13-4-2-1-3-5-13)20(26)22-15-8-9-15/h1-7,10-11,15,18H,8-9,12H2,(H2,21,25)(H,22,26)(H,23,24). The lowest BCUT2D eigenvalue weighted by atomic mass is 10.1. The van der Waals surface area contributed by atoms with Crippen molar-refractivity contribution in [3.63, 3.8) is 0 Å². The van der Waals surface area contributed by atoms with E-state index < -0.39 is 11.9 Å². The molecule has 1 atom stereocenters. The molecule has 27 heavy (non-hydrogen) atoms. The van der Waals surface area contributed by atoms with Crippen molar-refractivity contribution in [2.75, 3.05) is 5.75 Å². The number of nitrogens with two attached hydrogens (primary N) is 1. The summed E-state index contributed by atoms with van der Waals surface area (Å²) in [5, 5.41) is 5.76. The Kier molecular flexibility index (Phi) is 6.13. The van der Waals surface area contributed by atoms with Gasteiger partial charge in [-0.3, -0.25) is 14.4 Å². The maximum Gasteiger partial charge on any atom is 0.248 e. The average molecular weight is 383 g/mol. The fourth-order valence-electron chi connectivity index (χ4n) is 2.52. The summed E-state index contributed by atoms with van der Waals surface area (Å²) in [4.78, 5) is 36.9. The van der Waals surface area contributed by atoms with E-state index in [4.69, 9.17) is 5.73 Å². The molecule has 0 heterocycles. The summed E-state index contributed by atoms with van der Waals surface area (Å²) in [6, 6.07) is 15.4. The van der Waals surface area contributed by atoms with E-state index in [0.29, 0.717) is 5.56 Å². The second kappa shape index (κ2) is 8.73. The summed E-state index contributed by atoms with van der Waals surface area (Å²) >= 11 is 1.33. The molecule has 1 aliphatic rings. The number of nitrogens with one attached hydrogen (secondary N) is 2. The lowest BCUT2D eigenvalue weighted by molar-refractivity contribution is -0.128. The third-order valence-corrected chi connectivity index (χ3v) is 5.14. The molecule has 0 radical (unpaired) electrons. The molecule has 2 aromatic carbocycles. The Balaban J connectivity index is 1.60. The molecule has 0 saturated heterocycles. The molecular formula is C20H21N3O3S. The number of carbonyl (C=O) groups excluding carboxylic acids is 3. The van der Waals surface area contributed by atoms with Crippen LogP contribution in [0, 0.1) is 0 Å². The highest BCUT2D eigenvalue weighted by atomic mass is 32.2. The van der Waals surface area contributed by atoms with E-state index in [1.54, 1.807) is 24.3 Å². The highest BCUT2D eigenvalue weighted by molar-refractivity contribution is 8.00. The smallest absolute Gasteiger partial charge is 0.248 e. The lowest BCUT2D eigenvalue weighted by Crippen LogP contribution is -2.41. The highest BCUT2D eigenvalue weighted by Crippen LogP contribution is 2.22. The van der Waals surface area contributed by atoms with Gasteiger partial charge in [0.15, 0.2) is 0 Å². The largest absolute Gasteiger partial charge is 0.366 e. The van der Waals surface area contributed by atoms with E-state index in [0.717, 1.165) is 23.3 Å². The van der Waals surface area contributed by atoms with Gasteiger partial charge in [-0.05, 0) is 42.7 Å². The monoisotopic (exact) mass is 383 g/mol. The Morgan fingerprint density at radius 2 is 1.70 bits per heavy atom. The number of amides is 3. The molecule has 0 aromatic heterocycles. The molecule has 2 aromatic rings. The van der Waals surface area contributed by atoms with Gasteiger partial charge >= 0.3 is 0 Å². The van der Waals surface area contributed by atoms with Crippen molar-refractivity contribution in [2.24, 2.45) is 5.73 Å². The van der Waals surface area contributed by atoms with E-state index in [-0.39, 0.29) is 23.6 Å². The topological polar surface area (TPSA) is 101 Å². The molecular weight excluding hydrogens is 362 g/mol. The van der Waals surface area contributed by atoms with Crippen LogP contribution in [0.1, 0.15) is 34.8 Å². The van der Waals surface area contributed by atoms with Gasteiger partial charge in [0.25, 0.3) is 0 Å². The fraction of sp³-hybridized carbons (Fsp3) is 0.250. The van der Waals surface area contributed by atoms with E-state index in [9.17, 15) is 14.4 Å². The zero-order valence-corrected chi connectivity index (χ0v) is 15.5. The van der Waals surface area contributed by atoms with Crippen LogP contribution < -0.4 is 16.4 Å². The molecule has 3 amide bonds. The van der Waals surface area contributed by atoms with Gasteiger partial charge in [0.1, 0.15) is 6.04 Å². The first kappa shape index (κ1) is 19.0. The third-order valence-electron chi connectivity index (χ3n) is 4.13. The van der Waals surface area contributed by atoms with Gasteiger partial charge < -0.3 is 16.4 Å². The number of thioether (sulfide) groups is 1. The summed E-state index contributed by atoms with van der Waals surface area (Å²) in [6.45, 7) is 0. The van der Waals surface area contributed by atoms with Gasteiger partial charge in [-0.25, -0.2) is 0 Å². The molecule has 3 rings (SSSR count). The Bertz CT molecular complexity index is 820. The first-order valence-electron chi connectivity index (χ1n) is 8.70. The van der Waals surface area contributed by atoms with Gasteiger partial charge in [-0.1, -0.05) is 30.3 Å². The van der Waals surface area contributed by atoms with Crippen molar-refractivity contribution in [2.45, 2.75) is 29.8 Å². The summed E-state index contributed by atoms with van der Waals surface area (Å²) in [5.74, 6) is -0.751. The summed E-state index contributed by atoms with van der Waals surface area (Å²) in [6.07, 6.45) is 1.97. The molecule has 1 aliphatic carbocycles. The summed E-state index contributed by atoms with van der Waals surface area (Å²) in [5.41, 5.74) is 6.39. The minimum absolute atomic E-state index is 0.163. The number of carbonyl (C=O) groups is 3. The van der Waals surface area contributed by atoms with Crippen molar-refractivity contribution in [3.8, 4) is 0 Å². The number of primary amides is 1. The first-order chi connectivity index (χ1) is 13.0. The molecule has 1 unspecified atom stereocenters. The van der Waals surface area contributed by atoms with Crippen LogP contribution in [-0.2, 0) is 9.59 Å². The minimum Gasteiger partial charge on any atom is -0.366 e. The van der Waals surface area contributed by atoms with E-state index in [2.05, 4.69) is 10.6 Å². The van der Waals surface area contributed by atoms with Crippen molar-refractivity contribution in [1.29, 1.82) is 0 Å². The molecule has 1 saturated carbocycles. The van der Waals surface area contributed by atoms with Gasteiger partial charge in [-0.15, -0.1) is 11.8 Å². The number of rotatable bonds is 8. The Labute approximate surface area is 161 Å². The number of hydrogen-bond donors (Lipinski definition) is 3. The second-order valence-electron chi connectivity index (χ2n) is 6.37. The van der Waals surface area contributed by atoms with Crippen LogP contribution in [-0.4, -0.2) is 29.5 Å².